The van der Waals surface area contributed by atoms with E-state index in [0.29, 0.717) is 22.6 Å². The largest absolute Gasteiger partial charge is 0.506 e. The van der Waals surface area contributed by atoms with Crippen molar-refractivity contribution >= 4 is 7.75 Å². The molecule has 7 nitrogen and oxygen atoms in total. The summed E-state index contributed by atoms with van der Waals surface area (Å²) in [5, 5.41) is 9.91. The van der Waals surface area contributed by atoms with Gasteiger partial charge in [0, 0.05) is 23.9 Å². The lowest BCUT2D eigenvalue weighted by atomic mass is 10.1. The molecule has 118 valence electrons. The lowest BCUT2D eigenvalue weighted by Crippen LogP contribution is -2.10. The van der Waals surface area contributed by atoms with Crippen LogP contribution in [0.4, 0.5) is 0 Å². The van der Waals surface area contributed by atoms with Gasteiger partial charge in [-0.2, -0.15) is 0 Å². The van der Waals surface area contributed by atoms with Gasteiger partial charge in [-0.25, -0.2) is 10.1 Å². The van der Waals surface area contributed by atoms with Crippen LogP contribution in [-0.2, 0) is 22.2 Å². The van der Waals surface area contributed by atoms with Crippen LogP contribution >= 0.6 is 7.75 Å². The highest BCUT2D eigenvalue weighted by Gasteiger charge is 2.21. The third-order valence-corrected chi connectivity index (χ3v) is 3.96. The minimum absolute atomic E-state index is 0.000526. The Hall–Kier alpha value is -1.92. The highest BCUT2D eigenvalue weighted by Crippen LogP contribution is 2.41. The number of para-hydroxylation sites is 1. The molecule has 0 amide bonds. The molecule has 1 aromatic carbocycles. The summed E-state index contributed by atoms with van der Waals surface area (Å²) >= 11 is 0. The topological polar surface area (TPSA) is 121 Å². The fourth-order valence-corrected chi connectivity index (χ4v) is 2.64. The molecule has 0 radical (unpaired) electrons. The number of aromatic hydroxyl groups is 1. The number of aryl methyl sites for hydroxylation is 1. The van der Waals surface area contributed by atoms with E-state index in [-0.39, 0.29) is 18.9 Å². The lowest BCUT2D eigenvalue weighted by Gasteiger charge is -2.16. The summed E-state index contributed by atoms with van der Waals surface area (Å²) in [4.78, 5) is 4.02. The molecule has 0 saturated heterocycles. The molecule has 0 bridgehead atoms. The van der Waals surface area contributed by atoms with Crippen LogP contribution in [0.5, 0.6) is 11.5 Å². The van der Waals surface area contributed by atoms with E-state index in [1.807, 2.05) is 0 Å². The molecule has 0 spiro atoms. The molecule has 0 aliphatic rings. The third-order valence-electron chi connectivity index (χ3n) is 3.01. The summed E-state index contributed by atoms with van der Waals surface area (Å²) in [6.45, 7) is 1.63. The standard InChI is InChI=1S/C14H18N3O4P/c1-10-14(18)13(7-15)11(8-17-10)9-20-22(16,19)21-12-5-3-2-4-6-12/h2-6,8,18H,7,9,15H2,1H3,(H2,16,19). The van der Waals surface area contributed by atoms with Crippen molar-refractivity contribution in [3.05, 3.63) is 53.3 Å². The Balaban J connectivity index is 2.09. The van der Waals surface area contributed by atoms with Crippen LogP contribution in [0.15, 0.2) is 36.5 Å². The molecule has 5 N–H and O–H groups in total. The predicted molar refractivity (Wildman–Crippen MR) is 82.2 cm³/mol. The summed E-state index contributed by atoms with van der Waals surface area (Å²) in [6.07, 6.45) is 1.50. The summed E-state index contributed by atoms with van der Waals surface area (Å²) in [7, 11) is -3.79. The van der Waals surface area contributed by atoms with Gasteiger partial charge in [-0.1, -0.05) is 18.2 Å². The zero-order valence-corrected chi connectivity index (χ0v) is 13.0. The summed E-state index contributed by atoms with van der Waals surface area (Å²) in [5.74, 6) is 0.344. The molecule has 22 heavy (non-hydrogen) atoms. The molecule has 8 heteroatoms. The van der Waals surface area contributed by atoms with Crippen molar-refractivity contribution in [2.75, 3.05) is 0 Å². The van der Waals surface area contributed by atoms with Crippen molar-refractivity contribution in [2.24, 2.45) is 11.2 Å². The number of rotatable bonds is 6. The Morgan fingerprint density at radius 2 is 2.00 bits per heavy atom. The fourth-order valence-electron chi connectivity index (χ4n) is 1.85. The van der Waals surface area contributed by atoms with Crippen molar-refractivity contribution in [1.29, 1.82) is 0 Å². The van der Waals surface area contributed by atoms with E-state index in [2.05, 4.69) is 4.98 Å². The monoisotopic (exact) mass is 323 g/mol. The van der Waals surface area contributed by atoms with Crippen LogP contribution in [0, 0.1) is 6.92 Å². The van der Waals surface area contributed by atoms with E-state index in [9.17, 15) is 9.67 Å². The second-order valence-corrected chi connectivity index (χ2v) is 6.14. The first-order chi connectivity index (χ1) is 10.4. The first kappa shape index (κ1) is 16.5. The van der Waals surface area contributed by atoms with Crippen molar-refractivity contribution in [1.82, 2.24) is 4.98 Å². The first-order valence-electron chi connectivity index (χ1n) is 6.57. The quantitative estimate of drug-likeness (QED) is 0.697. The molecule has 1 aromatic heterocycles. The van der Waals surface area contributed by atoms with Gasteiger partial charge < -0.3 is 15.4 Å². The Kier molecular flexibility index (Phi) is 5.15. The molecular formula is C14H18N3O4P. The molecule has 0 saturated carbocycles. The van der Waals surface area contributed by atoms with Gasteiger partial charge in [-0.05, 0) is 19.1 Å². The van der Waals surface area contributed by atoms with E-state index >= 15 is 0 Å². The van der Waals surface area contributed by atoms with Crippen LogP contribution in [0.3, 0.4) is 0 Å². The third kappa shape index (κ3) is 4.05. The number of pyridine rings is 1. The van der Waals surface area contributed by atoms with Gasteiger partial charge in [-0.15, -0.1) is 0 Å². The number of aromatic nitrogens is 1. The van der Waals surface area contributed by atoms with Crippen LogP contribution in [0.25, 0.3) is 0 Å². The zero-order chi connectivity index (χ0) is 16.2. The summed E-state index contributed by atoms with van der Waals surface area (Å²) in [5.41, 5.74) is 12.6. The number of hydrogen-bond acceptors (Lipinski definition) is 6. The smallest absolute Gasteiger partial charge is 0.456 e. The van der Waals surface area contributed by atoms with Gasteiger partial charge in [-0.3, -0.25) is 9.51 Å². The fraction of sp³-hybridized carbons (Fsp3) is 0.214. The van der Waals surface area contributed by atoms with Crippen LogP contribution in [0.2, 0.25) is 0 Å². The predicted octanol–water partition coefficient (Wildman–Crippen LogP) is 2.22. The van der Waals surface area contributed by atoms with Gasteiger partial charge in [0.2, 0.25) is 0 Å². The zero-order valence-electron chi connectivity index (χ0n) is 12.1. The van der Waals surface area contributed by atoms with Crippen molar-refractivity contribution in [3.8, 4) is 11.5 Å². The van der Waals surface area contributed by atoms with E-state index in [4.69, 9.17) is 20.3 Å². The molecule has 0 fully saturated rings. The molecule has 1 heterocycles. The Morgan fingerprint density at radius 1 is 1.32 bits per heavy atom. The Morgan fingerprint density at radius 3 is 2.64 bits per heavy atom. The highest BCUT2D eigenvalue weighted by molar-refractivity contribution is 7.51. The van der Waals surface area contributed by atoms with Crippen molar-refractivity contribution < 1.29 is 18.7 Å². The number of benzene rings is 1. The Bertz CT molecular complexity index is 694. The van der Waals surface area contributed by atoms with Gasteiger partial charge >= 0.3 is 7.75 Å². The minimum atomic E-state index is -3.79. The van der Waals surface area contributed by atoms with Gasteiger partial charge in [0.05, 0.1) is 12.3 Å². The average molecular weight is 323 g/mol. The second kappa shape index (κ2) is 6.89. The van der Waals surface area contributed by atoms with Gasteiger partial charge in [0.15, 0.2) is 0 Å². The number of nitrogens with zero attached hydrogens (tertiary/aromatic N) is 1. The summed E-state index contributed by atoms with van der Waals surface area (Å²) < 4.78 is 22.4. The summed E-state index contributed by atoms with van der Waals surface area (Å²) in [6, 6.07) is 8.48. The molecule has 0 aliphatic carbocycles. The number of hydrogen-bond donors (Lipinski definition) is 3. The molecule has 2 rings (SSSR count). The number of nitrogens with two attached hydrogens (primary N) is 2. The van der Waals surface area contributed by atoms with Crippen LogP contribution in [-0.4, -0.2) is 10.1 Å². The second-order valence-electron chi connectivity index (χ2n) is 4.62. The van der Waals surface area contributed by atoms with Crippen LogP contribution in [0.1, 0.15) is 16.8 Å². The molecular weight excluding hydrogens is 305 g/mol. The van der Waals surface area contributed by atoms with E-state index in [0.717, 1.165) is 0 Å². The maximum Gasteiger partial charge on any atom is 0.456 e. The molecule has 0 aliphatic heterocycles. The van der Waals surface area contributed by atoms with E-state index in [1.54, 1.807) is 37.3 Å². The maximum atomic E-state index is 12.1. The van der Waals surface area contributed by atoms with Crippen molar-refractivity contribution in [3.63, 3.8) is 0 Å². The Labute approximate surface area is 128 Å². The van der Waals surface area contributed by atoms with E-state index in [1.165, 1.54) is 6.20 Å². The first-order valence-corrected chi connectivity index (χ1v) is 8.18. The minimum Gasteiger partial charge on any atom is -0.506 e. The molecule has 1 atom stereocenters. The SMILES string of the molecule is Cc1ncc(COP(N)(=O)Oc2ccccc2)c(CN)c1O. The maximum absolute atomic E-state index is 12.1. The molecule has 1 unspecified atom stereocenters. The molecule has 2 aromatic rings. The van der Waals surface area contributed by atoms with E-state index < -0.39 is 7.75 Å². The average Bonchev–Trinajstić information content (AvgIpc) is 2.49. The van der Waals surface area contributed by atoms with Gasteiger partial charge in [0.25, 0.3) is 0 Å². The highest BCUT2D eigenvalue weighted by atomic mass is 31.2. The van der Waals surface area contributed by atoms with Crippen molar-refractivity contribution in [2.45, 2.75) is 20.1 Å². The van der Waals surface area contributed by atoms with Crippen LogP contribution < -0.4 is 15.8 Å². The normalized spacial score (nSPS) is 13.6. The van der Waals surface area contributed by atoms with Gasteiger partial charge in [0.1, 0.15) is 11.5 Å². The lowest BCUT2D eigenvalue weighted by molar-refractivity contribution is 0.254.